The summed E-state index contributed by atoms with van der Waals surface area (Å²) in [6.07, 6.45) is 28.1. The topological polar surface area (TPSA) is 82.8 Å². The van der Waals surface area contributed by atoms with Crippen LogP contribution in [-0.2, 0) is 0 Å². The average molecular weight is 657 g/mol. The lowest BCUT2D eigenvalue weighted by molar-refractivity contribution is 0.0696. The summed E-state index contributed by atoms with van der Waals surface area (Å²) in [5, 5.41) is 13.7. The molecule has 2 aromatic carbocycles. The molecule has 0 radical (unpaired) electrons. The zero-order chi connectivity index (χ0) is 33.4. The van der Waals surface area contributed by atoms with Crippen LogP contribution in [0.3, 0.4) is 0 Å². The number of fused-ring (bicyclic) bond motifs is 23. The van der Waals surface area contributed by atoms with Gasteiger partial charge in [0.15, 0.2) is 5.76 Å². The summed E-state index contributed by atoms with van der Waals surface area (Å²) in [5.74, 6) is 0.0292. The van der Waals surface area contributed by atoms with Gasteiger partial charge in [0.1, 0.15) is 5.58 Å². The second-order valence-corrected chi connectivity index (χ2v) is 14.7. The van der Waals surface area contributed by atoms with E-state index in [1.165, 1.54) is 122 Å². The number of para-hydroxylation sites is 1. The maximum absolute atomic E-state index is 13.7. The minimum absolute atomic E-state index is 0.0865. The first-order chi connectivity index (χ1) is 23.6. The van der Waals surface area contributed by atoms with E-state index >= 15 is 0 Å². The molecule has 1 atom stereocenters. The Labute approximate surface area is 289 Å². The Morgan fingerprint density at radius 3 is 1.83 bits per heavy atom. The van der Waals surface area contributed by atoms with Gasteiger partial charge in [-0.2, -0.15) is 0 Å². The number of carbonyl (C=O) groups is 2. The van der Waals surface area contributed by atoms with Gasteiger partial charge in [0.05, 0.1) is 5.56 Å². The molecule has 6 rings (SSSR count). The lowest BCUT2D eigenvalue weighted by Crippen LogP contribution is -2.46. The number of carboxylic acid groups (broad SMARTS) is 1. The number of hydrogen-bond donors (Lipinski definition) is 2. The van der Waals surface area contributed by atoms with E-state index in [4.69, 9.17) is 4.42 Å². The maximum atomic E-state index is 13.7. The van der Waals surface area contributed by atoms with Crippen molar-refractivity contribution in [2.24, 2.45) is 5.92 Å². The number of aromatic carboxylic acids is 1. The predicted molar refractivity (Wildman–Crippen MR) is 197 cm³/mol. The summed E-state index contributed by atoms with van der Waals surface area (Å²) in [7, 11) is 0. The minimum atomic E-state index is -0.967. The molecule has 1 amide bonds. The SMILES string of the molecule is O=C(O)c1cccc(-c2cccc3cc(C(=O)N[C@H]4CCCCCCCCCCCCCCCCCCCC5CCN(CC5)C4)oc23)c1. The van der Waals surface area contributed by atoms with Crippen molar-refractivity contribution in [2.75, 3.05) is 19.6 Å². The Morgan fingerprint density at radius 1 is 0.667 bits per heavy atom. The highest BCUT2D eigenvalue weighted by Crippen LogP contribution is 2.32. The molecule has 3 aromatic rings. The lowest BCUT2D eigenvalue weighted by Gasteiger charge is -2.34. The van der Waals surface area contributed by atoms with E-state index in [9.17, 15) is 14.7 Å². The van der Waals surface area contributed by atoms with Gasteiger partial charge in [0.2, 0.25) is 0 Å². The molecule has 262 valence electrons. The molecule has 3 aliphatic rings. The quantitative estimate of drug-likeness (QED) is 0.292. The fourth-order valence-corrected chi connectivity index (χ4v) is 7.93. The minimum Gasteiger partial charge on any atom is -0.478 e. The molecular formula is C42H60N2O4. The van der Waals surface area contributed by atoms with Crippen LogP contribution in [0, 0.1) is 5.92 Å². The van der Waals surface area contributed by atoms with Crippen molar-refractivity contribution in [1.29, 1.82) is 0 Å². The molecule has 0 saturated carbocycles. The van der Waals surface area contributed by atoms with Gasteiger partial charge in [-0.05, 0) is 62.0 Å². The van der Waals surface area contributed by atoms with Gasteiger partial charge in [-0.3, -0.25) is 4.79 Å². The lowest BCUT2D eigenvalue weighted by atomic mass is 9.90. The van der Waals surface area contributed by atoms with Gasteiger partial charge in [0.25, 0.3) is 5.91 Å². The number of benzene rings is 2. The number of furan rings is 1. The summed E-state index contributed by atoms with van der Waals surface area (Å²) in [5.41, 5.74) is 2.37. The van der Waals surface area contributed by atoms with E-state index in [1.807, 2.05) is 30.3 Å². The molecule has 48 heavy (non-hydrogen) atoms. The average Bonchev–Trinajstić information content (AvgIpc) is 3.55. The number of carboxylic acids is 1. The zero-order valence-electron chi connectivity index (χ0n) is 29.4. The molecular weight excluding hydrogens is 596 g/mol. The van der Waals surface area contributed by atoms with E-state index in [1.54, 1.807) is 18.2 Å². The first-order valence-corrected chi connectivity index (χ1v) is 19.5. The fraction of sp³-hybridized carbons (Fsp3) is 0.619. The number of rotatable bonds is 4. The van der Waals surface area contributed by atoms with Gasteiger partial charge < -0.3 is 19.7 Å². The Hall–Kier alpha value is -3.12. The van der Waals surface area contributed by atoms with Crippen molar-refractivity contribution in [3.63, 3.8) is 0 Å². The first-order valence-electron chi connectivity index (χ1n) is 19.5. The van der Waals surface area contributed by atoms with Gasteiger partial charge in [-0.1, -0.05) is 146 Å². The van der Waals surface area contributed by atoms with E-state index < -0.39 is 5.97 Å². The van der Waals surface area contributed by atoms with E-state index in [2.05, 4.69) is 10.2 Å². The van der Waals surface area contributed by atoms with Crippen LogP contribution < -0.4 is 5.32 Å². The third-order valence-electron chi connectivity index (χ3n) is 10.9. The second kappa shape index (κ2) is 19.8. The summed E-state index contributed by atoms with van der Waals surface area (Å²) < 4.78 is 6.22. The van der Waals surface area contributed by atoms with Crippen LogP contribution in [0.5, 0.6) is 0 Å². The summed E-state index contributed by atoms with van der Waals surface area (Å²) >= 11 is 0. The van der Waals surface area contributed by atoms with E-state index in [0.717, 1.165) is 54.9 Å². The van der Waals surface area contributed by atoms with Crippen LogP contribution in [0.2, 0.25) is 0 Å². The van der Waals surface area contributed by atoms with E-state index in [0.29, 0.717) is 11.3 Å². The molecule has 0 unspecified atom stereocenters. The number of hydrogen-bond acceptors (Lipinski definition) is 4. The van der Waals surface area contributed by atoms with Crippen molar-refractivity contribution < 1.29 is 19.1 Å². The van der Waals surface area contributed by atoms with Crippen LogP contribution in [0.25, 0.3) is 22.1 Å². The largest absolute Gasteiger partial charge is 0.478 e. The van der Waals surface area contributed by atoms with Crippen LogP contribution in [-0.4, -0.2) is 47.6 Å². The van der Waals surface area contributed by atoms with Crippen molar-refractivity contribution in [2.45, 2.75) is 141 Å². The Kier molecular flexibility index (Phi) is 14.9. The number of nitrogens with one attached hydrogen (secondary N) is 1. The molecule has 3 saturated heterocycles. The van der Waals surface area contributed by atoms with Crippen LogP contribution in [0.4, 0.5) is 0 Å². The monoisotopic (exact) mass is 656 g/mol. The third kappa shape index (κ3) is 11.5. The molecule has 6 heteroatoms. The number of amides is 1. The summed E-state index contributed by atoms with van der Waals surface area (Å²) in [6.45, 7) is 3.15. The molecule has 6 nitrogen and oxygen atoms in total. The second-order valence-electron chi connectivity index (χ2n) is 14.7. The van der Waals surface area contributed by atoms with Crippen molar-refractivity contribution >= 4 is 22.8 Å². The molecule has 2 N–H and O–H groups in total. The summed E-state index contributed by atoms with van der Waals surface area (Å²) in [4.78, 5) is 27.8. The molecule has 1 aromatic heterocycles. The number of nitrogens with zero attached hydrogens (tertiary/aromatic N) is 1. The Balaban J connectivity index is 1.20. The van der Waals surface area contributed by atoms with Crippen molar-refractivity contribution in [1.82, 2.24) is 10.2 Å². The first kappa shape index (κ1) is 36.2. The molecule has 0 spiro atoms. The smallest absolute Gasteiger partial charge is 0.335 e. The molecule has 0 aliphatic carbocycles. The Bertz CT molecular complexity index is 1410. The number of piperidine rings is 1. The van der Waals surface area contributed by atoms with E-state index in [-0.39, 0.29) is 17.5 Å². The predicted octanol–water partition coefficient (Wildman–Crippen LogP) is 11.0. The molecule has 4 heterocycles. The van der Waals surface area contributed by atoms with Gasteiger partial charge >= 0.3 is 5.97 Å². The maximum Gasteiger partial charge on any atom is 0.335 e. The highest BCUT2D eigenvalue weighted by Gasteiger charge is 2.24. The molecule has 3 aliphatic heterocycles. The van der Waals surface area contributed by atoms with Crippen molar-refractivity contribution in [3.05, 3.63) is 59.9 Å². The highest BCUT2D eigenvalue weighted by atomic mass is 16.4. The molecule has 2 bridgehead atoms. The normalized spacial score (nSPS) is 23.5. The third-order valence-corrected chi connectivity index (χ3v) is 10.9. The van der Waals surface area contributed by atoms with Gasteiger partial charge in [0, 0.05) is 23.5 Å². The summed E-state index contributed by atoms with van der Waals surface area (Å²) in [6, 6.07) is 14.5. The zero-order valence-corrected chi connectivity index (χ0v) is 29.4. The standard InChI is InChI=1S/C42H60N2O4/c45-41(39-31-35-22-19-25-38(40(35)48-39)34-21-18-23-36(30-34)42(46)47)43-37-24-17-15-13-11-9-7-5-3-1-2-4-6-8-10-12-14-16-20-33-26-28-44(32-37)29-27-33/h18-19,21-23,25,30-31,33,37H,1-17,20,24,26-29,32H2,(H,43,45)(H,46,47)/t37-/m0/s1. The molecule has 3 fully saturated rings. The van der Waals surface area contributed by atoms with Crippen LogP contribution in [0.15, 0.2) is 52.9 Å². The Morgan fingerprint density at radius 2 is 1.23 bits per heavy atom. The highest BCUT2D eigenvalue weighted by molar-refractivity contribution is 6.00. The fourth-order valence-electron chi connectivity index (χ4n) is 7.93. The van der Waals surface area contributed by atoms with Crippen LogP contribution >= 0.6 is 0 Å². The van der Waals surface area contributed by atoms with Gasteiger partial charge in [-0.15, -0.1) is 0 Å². The number of carbonyl (C=O) groups excluding carboxylic acids is 1. The van der Waals surface area contributed by atoms with Crippen LogP contribution in [0.1, 0.15) is 156 Å². The van der Waals surface area contributed by atoms with Gasteiger partial charge in [-0.25, -0.2) is 4.79 Å². The van der Waals surface area contributed by atoms with Crippen molar-refractivity contribution in [3.8, 4) is 11.1 Å².